The first-order chi connectivity index (χ1) is 6.00. The molecular weight excluding hydrogens is 198 g/mol. The first kappa shape index (κ1) is 11.1. The van der Waals surface area contributed by atoms with Crippen LogP contribution >= 0.6 is 23.1 Å². The standard InChI is InChI=1S/C10H17NS2/c1-10(2,3)8(11)7-13-9-5-4-6-12-9/h4-6,8H,7,11H2,1-3H3. The van der Waals surface area contributed by atoms with Crippen LogP contribution in [0.5, 0.6) is 0 Å². The van der Waals surface area contributed by atoms with Crippen LogP contribution in [-0.2, 0) is 0 Å². The molecule has 13 heavy (non-hydrogen) atoms. The van der Waals surface area contributed by atoms with E-state index in [1.54, 1.807) is 11.3 Å². The van der Waals surface area contributed by atoms with E-state index in [-0.39, 0.29) is 11.5 Å². The number of thiophene rings is 1. The highest BCUT2D eigenvalue weighted by molar-refractivity contribution is 8.01. The summed E-state index contributed by atoms with van der Waals surface area (Å²) in [7, 11) is 0. The van der Waals surface area contributed by atoms with Gasteiger partial charge in [0.05, 0.1) is 4.21 Å². The molecule has 0 aromatic carbocycles. The van der Waals surface area contributed by atoms with E-state index >= 15 is 0 Å². The summed E-state index contributed by atoms with van der Waals surface area (Å²) >= 11 is 3.64. The zero-order chi connectivity index (χ0) is 9.90. The predicted molar refractivity (Wildman–Crippen MR) is 62.5 cm³/mol. The van der Waals surface area contributed by atoms with Gasteiger partial charge in [0.2, 0.25) is 0 Å². The van der Waals surface area contributed by atoms with Crippen molar-refractivity contribution in [1.29, 1.82) is 0 Å². The fourth-order valence-corrected chi connectivity index (χ4v) is 2.88. The molecule has 1 aromatic heterocycles. The molecule has 0 saturated heterocycles. The molecule has 0 fully saturated rings. The summed E-state index contributed by atoms with van der Waals surface area (Å²) in [5.74, 6) is 1.00. The second-order valence-electron chi connectivity index (χ2n) is 4.22. The van der Waals surface area contributed by atoms with E-state index in [1.807, 2.05) is 11.8 Å². The van der Waals surface area contributed by atoms with Crippen molar-refractivity contribution in [3.05, 3.63) is 17.5 Å². The van der Waals surface area contributed by atoms with Crippen LogP contribution in [0.15, 0.2) is 21.7 Å². The van der Waals surface area contributed by atoms with Crippen LogP contribution in [0.1, 0.15) is 20.8 Å². The van der Waals surface area contributed by atoms with Gasteiger partial charge in [-0.15, -0.1) is 23.1 Å². The Balaban J connectivity index is 2.35. The Morgan fingerprint density at radius 2 is 2.23 bits per heavy atom. The molecule has 1 aromatic rings. The van der Waals surface area contributed by atoms with E-state index < -0.39 is 0 Å². The van der Waals surface area contributed by atoms with Crippen LogP contribution < -0.4 is 5.73 Å². The summed E-state index contributed by atoms with van der Waals surface area (Å²) in [5.41, 5.74) is 6.26. The van der Waals surface area contributed by atoms with Crippen LogP contribution in [0.2, 0.25) is 0 Å². The van der Waals surface area contributed by atoms with Gasteiger partial charge in [-0.3, -0.25) is 0 Å². The summed E-state index contributed by atoms with van der Waals surface area (Å²) in [4.78, 5) is 0. The van der Waals surface area contributed by atoms with Crippen LogP contribution in [-0.4, -0.2) is 11.8 Å². The lowest BCUT2D eigenvalue weighted by atomic mass is 9.89. The second-order valence-corrected chi connectivity index (χ2v) is 6.48. The minimum Gasteiger partial charge on any atom is -0.326 e. The number of nitrogens with two attached hydrogens (primary N) is 1. The maximum absolute atomic E-state index is 6.05. The molecule has 3 heteroatoms. The molecule has 1 nitrogen and oxygen atoms in total. The lowest BCUT2D eigenvalue weighted by molar-refractivity contribution is 0.344. The van der Waals surface area contributed by atoms with Gasteiger partial charge in [0.15, 0.2) is 0 Å². The number of hydrogen-bond donors (Lipinski definition) is 1. The van der Waals surface area contributed by atoms with Gasteiger partial charge >= 0.3 is 0 Å². The highest BCUT2D eigenvalue weighted by Gasteiger charge is 2.20. The molecule has 0 saturated carbocycles. The molecule has 0 amide bonds. The van der Waals surface area contributed by atoms with Gasteiger partial charge in [-0.25, -0.2) is 0 Å². The fraction of sp³-hybridized carbons (Fsp3) is 0.600. The molecule has 0 aliphatic heterocycles. The minimum atomic E-state index is 0.213. The zero-order valence-corrected chi connectivity index (χ0v) is 10.0. The normalized spacial score (nSPS) is 14.5. The quantitative estimate of drug-likeness (QED) is 0.784. The van der Waals surface area contributed by atoms with E-state index in [4.69, 9.17) is 5.73 Å². The third kappa shape index (κ3) is 3.71. The van der Waals surface area contributed by atoms with Crippen molar-refractivity contribution < 1.29 is 0 Å². The molecule has 2 N–H and O–H groups in total. The molecule has 0 spiro atoms. The zero-order valence-electron chi connectivity index (χ0n) is 8.41. The SMILES string of the molecule is CC(C)(C)C(N)CSc1cccs1. The number of rotatable bonds is 3. The molecule has 0 radical (unpaired) electrons. The van der Waals surface area contributed by atoms with Crippen molar-refractivity contribution in [3.8, 4) is 0 Å². The number of thioether (sulfide) groups is 1. The predicted octanol–water partition coefficient (Wildman–Crippen LogP) is 3.21. The third-order valence-electron chi connectivity index (χ3n) is 2.01. The second kappa shape index (κ2) is 4.49. The summed E-state index contributed by atoms with van der Waals surface area (Å²) < 4.78 is 1.36. The van der Waals surface area contributed by atoms with Crippen molar-refractivity contribution in [3.63, 3.8) is 0 Å². The highest BCUT2D eigenvalue weighted by Crippen LogP contribution is 2.27. The van der Waals surface area contributed by atoms with Crippen molar-refractivity contribution in [1.82, 2.24) is 0 Å². The van der Waals surface area contributed by atoms with Gasteiger partial charge in [-0.2, -0.15) is 0 Å². The first-order valence-corrected chi connectivity index (χ1v) is 6.28. The topological polar surface area (TPSA) is 26.0 Å². The highest BCUT2D eigenvalue weighted by atomic mass is 32.2. The Hall–Kier alpha value is 0.01000. The van der Waals surface area contributed by atoms with Crippen LogP contribution in [0.25, 0.3) is 0 Å². The molecule has 0 aliphatic carbocycles. The fourth-order valence-electron chi connectivity index (χ4n) is 0.768. The summed E-state index contributed by atoms with van der Waals surface area (Å²) in [6, 6.07) is 4.49. The summed E-state index contributed by atoms with van der Waals surface area (Å²) in [6.45, 7) is 6.56. The minimum absolute atomic E-state index is 0.213. The van der Waals surface area contributed by atoms with Crippen LogP contribution in [0, 0.1) is 5.41 Å². The van der Waals surface area contributed by atoms with Gasteiger partial charge < -0.3 is 5.73 Å². The maximum Gasteiger partial charge on any atom is 0.0599 e. The Morgan fingerprint density at radius 3 is 2.69 bits per heavy atom. The molecule has 1 unspecified atom stereocenters. The number of hydrogen-bond acceptors (Lipinski definition) is 3. The molecule has 0 bridgehead atoms. The van der Waals surface area contributed by atoms with E-state index in [1.165, 1.54) is 4.21 Å². The smallest absolute Gasteiger partial charge is 0.0599 e. The van der Waals surface area contributed by atoms with Crippen LogP contribution in [0.3, 0.4) is 0 Å². The molecule has 0 aliphatic rings. The van der Waals surface area contributed by atoms with E-state index in [2.05, 4.69) is 38.3 Å². The Bertz CT molecular complexity index is 236. The molecule has 1 atom stereocenters. The monoisotopic (exact) mass is 215 g/mol. The molecule has 1 heterocycles. The summed E-state index contributed by atoms with van der Waals surface area (Å²) in [5, 5.41) is 2.10. The Morgan fingerprint density at radius 1 is 1.54 bits per heavy atom. The van der Waals surface area contributed by atoms with Gasteiger partial charge in [0.1, 0.15) is 0 Å². The first-order valence-electron chi connectivity index (χ1n) is 4.42. The van der Waals surface area contributed by atoms with Gasteiger partial charge in [0.25, 0.3) is 0 Å². The van der Waals surface area contributed by atoms with Gasteiger partial charge in [-0.05, 0) is 16.9 Å². The van der Waals surface area contributed by atoms with Crippen LogP contribution in [0.4, 0.5) is 0 Å². The average molecular weight is 215 g/mol. The average Bonchev–Trinajstić information content (AvgIpc) is 2.50. The van der Waals surface area contributed by atoms with E-state index in [0.29, 0.717) is 0 Å². The molecular formula is C10H17NS2. The van der Waals surface area contributed by atoms with E-state index in [0.717, 1.165) is 5.75 Å². The summed E-state index contributed by atoms with van der Waals surface area (Å²) in [6.07, 6.45) is 0. The van der Waals surface area contributed by atoms with Crippen molar-refractivity contribution in [2.75, 3.05) is 5.75 Å². The van der Waals surface area contributed by atoms with Gasteiger partial charge in [0, 0.05) is 11.8 Å². The van der Waals surface area contributed by atoms with E-state index in [9.17, 15) is 0 Å². The third-order valence-corrected chi connectivity index (χ3v) is 4.26. The lowest BCUT2D eigenvalue weighted by Gasteiger charge is -2.26. The van der Waals surface area contributed by atoms with Gasteiger partial charge in [-0.1, -0.05) is 26.8 Å². The van der Waals surface area contributed by atoms with Crippen molar-refractivity contribution >= 4 is 23.1 Å². The molecule has 74 valence electrons. The largest absolute Gasteiger partial charge is 0.326 e. The molecule has 1 rings (SSSR count). The Labute approximate surface area is 88.7 Å². The van der Waals surface area contributed by atoms with Crippen molar-refractivity contribution in [2.45, 2.75) is 31.0 Å². The maximum atomic E-state index is 6.05. The lowest BCUT2D eigenvalue weighted by Crippen LogP contribution is -2.37. The van der Waals surface area contributed by atoms with Crippen molar-refractivity contribution in [2.24, 2.45) is 11.1 Å². The Kier molecular flexibility index (Phi) is 3.83.